The monoisotopic (exact) mass is 259 g/mol. The number of fused-ring (bicyclic) bond motifs is 1. The van der Waals surface area contributed by atoms with Gasteiger partial charge in [-0.1, -0.05) is 13.3 Å². The van der Waals surface area contributed by atoms with Gasteiger partial charge in [0.05, 0.1) is 0 Å². The van der Waals surface area contributed by atoms with Crippen LogP contribution in [0.2, 0.25) is 0 Å². The summed E-state index contributed by atoms with van der Waals surface area (Å²) in [7, 11) is 2.05. The first kappa shape index (κ1) is 13.0. The van der Waals surface area contributed by atoms with E-state index in [9.17, 15) is 0 Å². The highest BCUT2D eigenvalue weighted by atomic mass is 14.9. The van der Waals surface area contributed by atoms with Crippen LogP contribution in [0.3, 0.4) is 0 Å². The van der Waals surface area contributed by atoms with E-state index in [1.54, 1.807) is 0 Å². The summed E-state index contributed by atoms with van der Waals surface area (Å²) < 4.78 is 0. The van der Waals surface area contributed by atoms with Gasteiger partial charge in [-0.15, -0.1) is 0 Å². The van der Waals surface area contributed by atoms with Crippen molar-refractivity contribution >= 4 is 0 Å². The fourth-order valence-electron chi connectivity index (χ4n) is 3.67. The average molecular weight is 259 g/mol. The van der Waals surface area contributed by atoms with E-state index in [4.69, 9.17) is 9.97 Å². The average Bonchev–Trinajstić information content (AvgIpc) is 2.75. The van der Waals surface area contributed by atoms with Crippen LogP contribution >= 0.6 is 0 Å². The first-order chi connectivity index (χ1) is 9.28. The molecule has 1 heterocycles. The minimum atomic E-state index is 0.453. The third-order valence-electron chi connectivity index (χ3n) is 4.86. The van der Waals surface area contributed by atoms with Gasteiger partial charge in [-0.25, -0.2) is 9.97 Å². The van der Waals surface area contributed by atoms with Gasteiger partial charge in [-0.3, -0.25) is 0 Å². The Morgan fingerprint density at radius 3 is 2.84 bits per heavy atom. The second kappa shape index (κ2) is 5.58. The molecule has 3 atom stereocenters. The summed E-state index contributed by atoms with van der Waals surface area (Å²) in [4.78, 5) is 9.63. The van der Waals surface area contributed by atoms with Crippen molar-refractivity contribution in [2.45, 2.75) is 63.8 Å². The summed E-state index contributed by atoms with van der Waals surface area (Å²) >= 11 is 0. The molecule has 1 fully saturated rings. The fourth-order valence-corrected chi connectivity index (χ4v) is 3.67. The Bertz CT molecular complexity index is 444. The standard InChI is InChI=1S/C16H25N3/c1-11-7-8-12(9-11)16-18-10-13-14(17-2)5-3-4-6-15(13)19-16/h10-12,14,17H,3-9H2,1-2H3. The maximum atomic E-state index is 4.94. The zero-order valence-electron chi connectivity index (χ0n) is 12.2. The predicted molar refractivity (Wildman–Crippen MR) is 77.1 cm³/mol. The van der Waals surface area contributed by atoms with E-state index in [1.807, 2.05) is 7.05 Å². The molecule has 0 saturated heterocycles. The molecule has 1 aromatic heterocycles. The number of aryl methyl sites for hydroxylation is 1. The molecule has 1 aromatic rings. The lowest BCUT2D eigenvalue weighted by molar-refractivity contribution is 0.530. The molecule has 19 heavy (non-hydrogen) atoms. The second-order valence-corrected chi connectivity index (χ2v) is 6.33. The Balaban J connectivity index is 1.88. The fraction of sp³-hybridized carbons (Fsp3) is 0.750. The van der Waals surface area contributed by atoms with Crippen molar-refractivity contribution in [3.05, 3.63) is 23.3 Å². The molecule has 2 aliphatic rings. The number of aromatic nitrogens is 2. The summed E-state index contributed by atoms with van der Waals surface area (Å²) in [5.74, 6) is 2.56. The van der Waals surface area contributed by atoms with Crippen LogP contribution in [-0.2, 0) is 6.42 Å². The molecule has 3 heteroatoms. The molecule has 0 radical (unpaired) electrons. The van der Waals surface area contributed by atoms with E-state index >= 15 is 0 Å². The van der Waals surface area contributed by atoms with E-state index < -0.39 is 0 Å². The van der Waals surface area contributed by atoms with Crippen LogP contribution in [0.5, 0.6) is 0 Å². The van der Waals surface area contributed by atoms with Gasteiger partial charge in [-0.2, -0.15) is 0 Å². The van der Waals surface area contributed by atoms with Crippen molar-refractivity contribution in [1.29, 1.82) is 0 Å². The lowest BCUT2D eigenvalue weighted by Gasteiger charge is -2.17. The molecule has 0 aliphatic heterocycles. The quantitative estimate of drug-likeness (QED) is 0.828. The maximum absolute atomic E-state index is 4.94. The van der Waals surface area contributed by atoms with E-state index in [1.165, 1.54) is 49.8 Å². The number of nitrogens with one attached hydrogen (secondary N) is 1. The van der Waals surface area contributed by atoms with Gasteiger partial charge in [0.15, 0.2) is 0 Å². The van der Waals surface area contributed by atoms with Gasteiger partial charge in [0, 0.05) is 29.4 Å². The van der Waals surface area contributed by atoms with Crippen molar-refractivity contribution < 1.29 is 0 Å². The highest BCUT2D eigenvalue weighted by molar-refractivity contribution is 5.24. The van der Waals surface area contributed by atoms with Gasteiger partial charge < -0.3 is 5.32 Å². The first-order valence-corrected chi connectivity index (χ1v) is 7.81. The van der Waals surface area contributed by atoms with Crippen molar-refractivity contribution in [2.75, 3.05) is 7.05 Å². The number of hydrogen-bond acceptors (Lipinski definition) is 3. The minimum Gasteiger partial charge on any atom is -0.313 e. The van der Waals surface area contributed by atoms with Crippen LogP contribution in [0.15, 0.2) is 6.20 Å². The molecule has 0 aromatic carbocycles. The van der Waals surface area contributed by atoms with Crippen LogP contribution < -0.4 is 5.32 Å². The van der Waals surface area contributed by atoms with Gasteiger partial charge in [-0.05, 0) is 51.5 Å². The van der Waals surface area contributed by atoms with E-state index in [2.05, 4.69) is 18.4 Å². The molecule has 0 spiro atoms. The highest BCUT2D eigenvalue weighted by Gasteiger charge is 2.26. The normalized spacial score (nSPS) is 30.9. The second-order valence-electron chi connectivity index (χ2n) is 6.33. The van der Waals surface area contributed by atoms with E-state index in [-0.39, 0.29) is 0 Å². The van der Waals surface area contributed by atoms with Gasteiger partial charge in [0.1, 0.15) is 5.82 Å². The van der Waals surface area contributed by atoms with Gasteiger partial charge >= 0.3 is 0 Å². The van der Waals surface area contributed by atoms with E-state index in [0.717, 1.165) is 18.2 Å². The Morgan fingerprint density at radius 1 is 1.21 bits per heavy atom. The number of hydrogen-bond donors (Lipinski definition) is 1. The molecule has 0 bridgehead atoms. The van der Waals surface area contributed by atoms with Crippen molar-refractivity contribution in [2.24, 2.45) is 5.92 Å². The molecular formula is C16H25N3. The van der Waals surface area contributed by atoms with Crippen LogP contribution in [0.25, 0.3) is 0 Å². The van der Waals surface area contributed by atoms with Gasteiger partial charge in [0.25, 0.3) is 0 Å². The number of nitrogens with zero attached hydrogens (tertiary/aromatic N) is 2. The largest absolute Gasteiger partial charge is 0.313 e. The Hall–Kier alpha value is -0.960. The molecule has 3 nitrogen and oxygen atoms in total. The maximum Gasteiger partial charge on any atom is 0.131 e. The highest BCUT2D eigenvalue weighted by Crippen LogP contribution is 2.37. The Kier molecular flexibility index (Phi) is 3.83. The van der Waals surface area contributed by atoms with Crippen molar-refractivity contribution in [1.82, 2.24) is 15.3 Å². The number of rotatable bonds is 2. The lowest BCUT2D eigenvalue weighted by atomic mass is 10.0. The van der Waals surface area contributed by atoms with Crippen molar-refractivity contribution in [3.8, 4) is 0 Å². The minimum absolute atomic E-state index is 0.453. The lowest BCUT2D eigenvalue weighted by Crippen LogP contribution is -2.18. The SMILES string of the molecule is CNC1CCCCc2nc(C3CCC(C)C3)ncc21. The summed E-state index contributed by atoms with van der Waals surface area (Å²) in [5, 5.41) is 3.42. The van der Waals surface area contributed by atoms with Crippen LogP contribution in [0.1, 0.15) is 74.5 Å². The smallest absolute Gasteiger partial charge is 0.131 e. The molecule has 1 saturated carbocycles. The third-order valence-corrected chi connectivity index (χ3v) is 4.86. The molecule has 2 aliphatic carbocycles. The Labute approximate surface area is 116 Å². The summed E-state index contributed by atoms with van der Waals surface area (Å²) in [6, 6.07) is 0.453. The van der Waals surface area contributed by atoms with Crippen LogP contribution in [0, 0.1) is 5.92 Å². The topological polar surface area (TPSA) is 37.8 Å². The van der Waals surface area contributed by atoms with E-state index in [0.29, 0.717) is 12.0 Å². The molecular weight excluding hydrogens is 234 g/mol. The summed E-state index contributed by atoms with van der Waals surface area (Å²) in [6.45, 7) is 2.35. The zero-order valence-corrected chi connectivity index (χ0v) is 12.2. The van der Waals surface area contributed by atoms with Crippen LogP contribution in [0.4, 0.5) is 0 Å². The van der Waals surface area contributed by atoms with Crippen molar-refractivity contribution in [3.63, 3.8) is 0 Å². The third kappa shape index (κ3) is 2.66. The van der Waals surface area contributed by atoms with Crippen LogP contribution in [-0.4, -0.2) is 17.0 Å². The molecule has 3 unspecified atom stereocenters. The van der Waals surface area contributed by atoms with Gasteiger partial charge in [0.2, 0.25) is 0 Å². The Morgan fingerprint density at radius 2 is 2.11 bits per heavy atom. The molecule has 104 valence electrons. The molecule has 0 amide bonds. The zero-order chi connectivity index (χ0) is 13.2. The summed E-state index contributed by atoms with van der Waals surface area (Å²) in [6.07, 6.45) is 10.9. The predicted octanol–water partition coefficient (Wildman–Crippen LogP) is 3.37. The first-order valence-electron chi connectivity index (χ1n) is 7.81. The summed E-state index contributed by atoms with van der Waals surface area (Å²) in [5.41, 5.74) is 2.65. The molecule has 3 rings (SSSR count). The molecule has 1 N–H and O–H groups in total.